The fourth-order valence-corrected chi connectivity index (χ4v) is 3.52. The topological polar surface area (TPSA) is 38.7 Å². The predicted octanol–water partition coefficient (Wildman–Crippen LogP) is 4.42. The van der Waals surface area contributed by atoms with Crippen molar-refractivity contribution in [1.29, 1.82) is 0 Å². The molecule has 0 aromatic heterocycles. The van der Waals surface area contributed by atoms with Crippen LogP contribution in [0.5, 0.6) is 5.75 Å². The van der Waals surface area contributed by atoms with Crippen molar-refractivity contribution in [3.8, 4) is 5.75 Å². The molecule has 26 heavy (non-hydrogen) atoms. The minimum Gasteiger partial charge on any atom is -0.506 e. The van der Waals surface area contributed by atoms with Gasteiger partial charge < -0.3 is 20.2 Å². The van der Waals surface area contributed by atoms with Crippen molar-refractivity contribution in [2.45, 2.75) is 26.2 Å². The highest BCUT2D eigenvalue weighted by Gasteiger charge is 2.20. The highest BCUT2D eigenvalue weighted by molar-refractivity contribution is 7.80. The molecular formula is C21H27N3OS. The molecule has 0 spiro atoms. The van der Waals surface area contributed by atoms with Gasteiger partial charge in [-0.15, -0.1) is 0 Å². The van der Waals surface area contributed by atoms with Gasteiger partial charge in [0.05, 0.1) is 5.69 Å². The van der Waals surface area contributed by atoms with Crippen LogP contribution in [0.15, 0.2) is 48.5 Å². The largest absolute Gasteiger partial charge is 0.506 e. The minimum absolute atomic E-state index is 0.336. The van der Waals surface area contributed by atoms with E-state index >= 15 is 0 Å². The highest BCUT2D eigenvalue weighted by atomic mass is 32.1. The number of aromatic hydroxyl groups is 1. The van der Waals surface area contributed by atoms with E-state index in [1.54, 1.807) is 6.07 Å². The number of phenols is 1. The van der Waals surface area contributed by atoms with E-state index in [9.17, 15) is 5.11 Å². The first-order chi connectivity index (χ1) is 12.6. The molecule has 0 radical (unpaired) electrons. The molecule has 1 saturated heterocycles. The summed E-state index contributed by atoms with van der Waals surface area (Å²) >= 11 is 5.59. The lowest BCUT2D eigenvalue weighted by Gasteiger charge is -2.37. The number of nitrogens with one attached hydrogen (secondary N) is 1. The fraction of sp³-hybridized carbons (Fsp3) is 0.381. The number of hydrogen-bond donors (Lipinski definition) is 2. The van der Waals surface area contributed by atoms with Gasteiger partial charge in [-0.1, -0.05) is 38.1 Å². The average Bonchev–Trinajstić information content (AvgIpc) is 2.68. The van der Waals surface area contributed by atoms with Crippen LogP contribution in [0.2, 0.25) is 0 Å². The molecule has 2 N–H and O–H groups in total. The normalized spacial score (nSPS) is 15.6. The van der Waals surface area contributed by atoms with Crippen molar-refractivity contribution in [3.63, 3.8) is 0 Å². The van der Waals surface area contributed by atoms with E-state index in [2.05, 4.69) is 53.2 Å². The number of benzene rings is 2. The van der Waals surface area contributed by atoms with Crippen molar-refractivity contribution in [2.24, 2.45) is 0 Å². The number of thiocarbonyl (C=S) groups is 1. The summed E-state index contributed by atoms with van der Waals surface area (Å²) in [7, 11) is 0. The van der Waals surface area contributed by atoms with Crippen LogP contribution in [0.1, 0.15) is 31.7 Å². The van der Waals surface area contributed by atoms with Crippen molar-refractivity contribution >= 4 is 28.7 Å². The maximum absolute atomic E-state index is 10.0. The average molecular weight is 370 g/mol. The van der Waals surface area contributed by atoms with E-state index in [-0.39, 0.29) is 0 Å². The van der Waals surface area contributed by atoms with E-state index in [0.717, 1.165) is 49.1 Å². The first-order valence-electron chi connectivity index (χ1n) is 9.27. The molecule has 1 aliphatic heterocycles. The third-order valence-electron chi connectivity index (χ3n) is 5.13. The standard InChI is InChI=1S/C21H27N3OS/c1-3-16(2)17-8-10-18(11-9-17)22-21(26)24-14-12-23(13-15-24)19-6-4-5-7-20(19)25/h4-11,16,25H,3,12-15H2,1-2H3,(H,22,26)/t16-/m1/s1. The van der Waals surface area contributed by atoms with Crippen LogP contribution in [0.4, 0.5) is 11.4 Å². The van der Waals surface area contributed by atoms with Crippen LogP contribution in [-0.4, -0.2) is 41.3 Å². The Morgan fingerprint density at radius 2 is 1.73 bits per heavy atom. The van der Waals surface area contributed by atoms with Gasteiger partial charge in [-0.25, -0.2) is 0 Å². The van der Waals surface area contributed by atoms with Crippen LogP contribution in [0, 0.1) is 0 Å². The Hall–Kier alpha value is -2.27. The van der Waals surface area contributed by atoms with Gasteiger partial charge in [0.25, 0.3) is 0 Å². The summed E-state index contributed by atoms with van der Waals surface area (Å²) in [6.07, 6.45) is 1.15. The minimum atomic E-state index is 0.336. The smallest absolute Gasteiger partial charge is 0.173 e. The first kappa shape index (κ1) is 18.5. The summed E-state index contributed by atoms with van der Waals surface area (Å²) in [6.45, 7) is 7.81. The van der Waals surface area contributed by atoms with Gasteiger partial charge in [-0.2, -0.15) is 0 Å². The summed E-state index contributed by atoms with van der Waals surface area (Å²) in [6, 6.07) is 16.1. The van der Waals surface area contributed by atoms with Crippen LogP contribution in [0.25, 0.3) is 0 Å². The van der Waals surface area contributed by atoms with Gasteiger partial charge in [0.2, 0.25) is 0 Å². The van der Waals surface area contributed by atoms with Crippen LogP contribution in [-0.2, 0) is 0 Å². The monoisotopic (exact) mass is 369 g/mol. The zero-order valence-corrected chi connectivity index (χ0v) is 16.3. The second-order valence-electron chi connectivity index (χ2n) is 6.82. The molecule has 1 heterocycles. The highest BCUT2D eigenvalue weighted by Crippen LogP contribution is 2.27. The van der Waals surface area contributed by atoms with E-state index in [0.29, 0.717) is 11.7 Å². The predicted molar refractivity (Wildman–Crippen MR) is 113 cm³/mol. The number of phenolic OH excluding ortho intramolecular Hbond substituents is 1. The summed E-state index contributed by atoms with van der Waals surface area (Å²) in [5.41, 5.74) is 3.29. The molecule has 3 rings (SSSR count). The molecule has 1 fully saturated rings. The Balaban J connectivity index is 1.54. The van der Waals surface area contributed by atoms with E-state index in [1.165, 1.54) is 5.56 Å². The number of hydrogen-bond acceptors (Lipinski definition) is 3. The van der Waals surface area contributed by atoms with E-state index in [1.807, 2.05) is 18.2 Å². The van der Waals surface area contributed by atoms with Gasteiger partial charge in [0, 0.05) is 31.9 Å². The van der Waals surface area contributed by atoms with Crippen molar-refractivity contribution in [3.05, 3.63) is 54.1 Å². The van der Waals surface area contributed by atoms with Crippen LogP contribution in [0.3, 0.4) is 0 Å². The summed E-state index contributed by atoms with van der Waals surface area (Å²) in [4.78, 5) is 4.39. The Kier molecular flexibility index (Phi) is 5.99. The van der Waals surface area contributed by atoms with E-state index in [4.69, 9.17) is 12.2 Å². The van der Waals surface area contributed by atoms with Gasteiger partial charge in [0.1, 0.15) is 5.75 Å². The second-order valence-corrected chi connectivity index (χ2v) is 7.21. The molecule has 0 unspecified atom stereocenters. The Bertz CT molecular complexity index is 739. The molecule has 1 atom stereocenters. The summed E-state index contributed by atoms with van der Waals surface area (Å²) in [5, 5.41) is 14.1. The number of nitrogens with zero attached hydrogens (tertiary/aromatic N) is 2. The molecule has 0 amide bonds. The van der Waals surface area contributed by atoms with Gasteiger partial charge in [0.15, 0.2) is 5.11 Å². The third kappa shape index (κ3) is 4.28. The molecule has 5 heteroatoms. The SMILES string of the molecule is CC[C@@H](C)c1ccc(NC(=S)N2CCN(c3ccccc3O)CC2)cc1. The second kappa shape index (κ2) is 8.41. The third-order valence-corrected chi connectivity index (χ3v) is 5.49. The number of para-hydroxylation sites is 2. The maximum atomic E-state index is 10.0. The molecule has 0 saturated carbocycles. The zero-order chi connectivity index (χ0) is 18.5. The maximum Gasteiger partial charge on any atom is 0.173 e. The molecule has 138 valence electrons. The van der Waals surface area contributed by atoms with Crippen LogP contribution < -0.4 is 10.2 Å². The lowest BCUT2D eigenvalue weighted by Crippen LogP contribution is -2.50. The number of rotatable bonds is 4. The molecule has 2 aromatic carbocycles. The number of piperazine rings is 1. The lowest BCUT2D eigenvalue weighted by molar-refractivity contribution is 0.387. The lowest BCUT2D eigenvalue weighted by atomic mass is 9.99. The molecular weight excluding hydrogens is 342 g/mol. The molecule has 0 bridgehead atoms. The summed E-state index contributed by atoms with van der Waals surface area (Å²) in [5.74, 6) is 0.918. The Morgan fingerprint density at radius 3 is 2.35 bits per heavy atom. The van der Waals surface area contributed by atoms with Gasteiger partial charge in [-0.05, 0) is 54.4 Å². The summed E-state index contributed by atoms with van der Waals surface area (Å²) < 4.78 is 0. The molecule has 1 aliphatic rings. The van der Waals surface area contributed by atoms with Crippen LogP contribution >= 0.6 is 12.2 Å². The fourth-order valence-electron chi connectivity index (χ4n) is 3.22. The van der Waals surface area contributed by atoms with Crippen molar-refractivity contribution in [1.82, 2.24) is 4.90 Å². The van der Waals surface area contributed by atoms with Gasteiger partial charge in [-0.3, -0.25) is 0 Å². The molecule has 2 aromatic rings. The van der Waals surface area contributed by atoms with Crippen molar-refractivity contribution < 1.29 is 5.11 Å². The molecule has 0 aliphatic carbocycles. The molecule has 4 nitrogen and oxygen atoms in total. The van der Waals surface area contributed by atoms with E-state index < -0.39 is 0 Å². The quantitative estimate of drug-likeness (QED) is 0.781. The number of anilines is 2. The Morgan fingerprint density at radius 1 is 1.08 bits per heavy atom. The Labute approximate surface area is 161 Å². The zero-order valence-electron chi connectivity index (χ0n) is 15.5. The van der Waals surface area contributed by atoms with Crippen molar-refractivity contribution in [2.75, 3.05) is 36.4 Å². The van der Waals surface area contributed by atoms with Gasteiger partial charge >= 0.3 is 0 Å². The first-order valence-corrected chi connectivity index (χ1v) is 9.68.